The Morgan fingerprint density at radius 3 is 2.67 bits per heavy atom. The first-order chi connectivity index (χ1) is 11.7. The van der Waals surface area contributed by atoms with E-state index >= 15 is 0 Å². The summed E-state index contributed by atoms with van der Waals surface area (Å²) in [5, 5.41) is 10.7. The minimum absolute atomic E-state index is 0.00805. The normalized spacial score (nSPS) is 49.4. The van der Waals surface area contributed by atoms with Crippen LogP contribution in [0.25, 0.3) is 0 Å². The summed E-state index contributed by atoms with van der Waals surface area (Å²) in [5.41, 5.74) is 2.13. The lowest BCUT2D eigenvalue weighted by molar-refractivity contribution is -0.0674. The van der Waals surface area contributed by atoms with Crippen molar-refractivity contribution in [3.63, 3.8) is 0 Å². The average molecular weight is 365 g/mol. The van der Waals surface area contributed by atoms with E-state index in [0.29, 0.717) is 4.08 Å². The van der Waals surface area contributed by atoms with Gasteiger partial charge in [-0.05, 0) is 86.9 Å². The molecule has 1 aliphatic heterocycles. The SMILES string of the molecule is CC[C@]12CC[C@H]3[C@@H](CCC4=CC5(CC[C@@H]43)SCCS5)[C@@H]1CC[C@@H]2O. The molecule has 0 aromatic rings. The summed E-state index contributed by atoms with van der Waals surface area (Å²) in [6.45, 7) is 2.34. The smallest absolute Gasteiger partial charge is 0.0794 e. The van der Waals surface area contributed by atoms with Crippen molar-refractivity contribution >= 4 is 23.5 Å². The maximum atomic E-state index is 10.7. The lowest BCUT2D eigenvalue weighted by Crippen LogP contribution is -2.49. The van der Waals surface area contributed by atoms with Crippen molar-refractivity contribution in [1.29, 1.82) is 0 Å². The van der Waals surface area contributed by atoms with Crippen molar-refractivity contribution in [2.24, 2.45) is 29.1 Å². The number of rotatable bonds is 1. The van der Waals surface area contributed by atoms with E-state index in [4.69, 9.17) is 0 Å². The van der Waals surface area contributed by atoms with E-state index in [1.54, 1.807) is 0 Å². The second-order valence-corrected chi connectivity index (χ2v) is 12.2. The van der Waals surface area contributed by atoms with Gasteiger partial charge in [-0.15, -0.1) is 23.5 Å². The largest absolute Gasteiger partial charge is 0.393 e. The fraction of sp³-hybridized carbons (Fsp3) is 0.905. The Labute approximate surface area is 155 Å². The molecule has 3 saturated carbocycles. The van der Waals surface area contributed by atoms with Crippen molar-refractivity contribution in [2.75, 3.05) is 11.5 Å². The van der Waals surface area contributed by atoms with Gasteiger partial charge in [0.05, 0.1) is 10.2 Å². The van der Waals surface area contributed by atoms with E-state index < -0.39 is 0 Å². The third-order valence-electron chi connectivity index (χ3n) is 8.57. The van der Waals surface area contributed by atoms with Crippen LogP contribution in [0.4, 0.5) is 0 Å². The first-order valence-electron chi connectivity index (χ1n) is 10.3. The van der Waals surface area contributed by atoms with Crippen LogP contribution in [0.1, 0.15) is 64.7 Å². The Balaban J connectivity index is 1.42. The summed E-state index contributed by atoms with van der Waals surface area (Å²) in [6.07, 6.45) is 14.6. The summed E-state index contributed by atoms with van der Waals surface area (Å²) in [7, 11) is 0. The fourth-order valence-electron chi connectivity index (χ4n) is 7.47. The van der Waals surface area contributed by atoms with Crippen LogP contribution in [0.5, 0.6) is 0 Å². The van der Waals surface area contributed by atoms with Gasteiger partial charge in [0, 0.05) is 11.5 Å². The van der Waals surface area contributed by atoms with Gasteiger partial charge < -0.3 is 5.11 Å². The van der Waals surface area contributed by atoms with E-state index in [9.17, 15) is 5.11 Å². The predicted molar refractivity (Wildman–Crippen MR) is 105 cm³/mol. The molecule has 0 aromatic heterocycles. The molecule has 4 aliphatic carbocycles. The molecule has 5 aliphatic rings. The molecule has 0 bridgehead atoms. The number of fused-ring (bicyclic) bond motifs is 5. The molecule has 0 amide bonds. The van der Waals surface area contributed by atoms with Gasteiger partial charge in [-0.25, -0.2) is 0 Å². The van der Waals surface area contributed by atoms with Crippen LogP contribution >= 0.6 is 23.5 Å². The van der Waals surface area contributed by atoms with E-state index in [1.807, 2.05) is 5.57 Å². The molecule has 24 heavy (non-hydrogen) atoms. The lowest BCUT2D eigenvalue weighted by Gasteiger charge is -2.55. The second-order valence-electron chi connectivity index (χ2n) is 9.06. The number of hydrogen-bond acceptors (Lipinski definition) is 3. The van der Waals surface area contributed by atoms with Gasteiger partial charge in [0.15, 0.2) is 0 Å². The summed E-state index contributed by atoms with van der Waals surface area (Å²) in [6, 6.07) is 0. The van der Waals surface area contributed by atoms with Crippen molar-refractivity contribution in [3.8, 4) is 0 Å². The van der Waals surface area contributed by atoms with Crippen molar-refractivity contribution in [2.45, 2.75) is 74.9 Å². The standard InChI is InChI=1S/C21H32OS2/c1-2-20-9-7-16-15-8-10-21(23-11-12-24-21)13-14(15)3-4-17(16)18(20)5-6-19(20)22/h13,15-19,22H,2-12H2,1H3/t15-,16+,17+,18-,19-,20-/m0/s1. The van der Waals surface area contributed by atoms with E-state index in [2.05, 4.69) is 36.5 Å². The highest BCUT2D eigenvalue weighted by molar-refractivity contribution is 8.21. The average Bonchev–Trinajstić information content (AvgIpc) is 3.19. The number of allylic oxidation sites excluding steroid dienone is 1. The highest BCUT2D eigenvalue weighted by Crippen LogP contribution is 2.64. The lowest BCUT2D eigenvalue weighted by atomic mass is 9.51. The maximum absolute atomic E-state index is 10.7. The number of thioether (sulfide) groups is 2. The first-order valence-corrected chi connectivity index (χ1v) is 12.3. The number of aliphatic hydroxyl groups excluding tert-OH is 1. The van der Waals surface area contributed by atoms with Crippen LogP contribution in [0.3, 0.4) is 0 Å². The van der Waals surface area contributed by atoms with E-state index in [0.717, 1.165) is 30.1 Å². The molecule has 1 N–H and O–H groups in total. The summed E-state index contributed by atoms with van der Waals surface area (Å²) in [4.78, 5) is 0. The zero-order valence-corrected chi connectivity index (χ0v) is 16.6. The zero-order valence-electron chi connectivity index (χ0n) is 15.0. The monoisotopic (exact) mass is 364 g/mol. The Bertz CT molecular complexity index is 538. The Kier molecular flexibility index (Phi) is 4.11. The van der Waals surface area contributed by atoms with Crippen LogP contribution in [-0.4, -0.2) is 26.8 Å². The molecule has 1 nitrogen and oxygen atoms in total. The van der Waals surface area contributed by atoms with Crippen LogP contribution in [0.2, 0.25) is 0 Å². The maximum Gasteiger partial charge on any atom is 0.0794 e. The molecular weight excluding hydrogens is 332 g/mol. The highest BCUT2D eigenvalue weighted by Gasteiger charge is 2.57. The number of hydrogen-bond donors (Lipinski definition) is 1. The molecule has 3 heteroatoms. The van der Waals surface area contributed by atoms with Crippen LogP contribution in [0, 0.1) is 29.1 Å². The Morgan fingerprint density at radius 1 is 1.04 bits per heavy atom. The molecule has 134 valence electrons. The molecular formula is C21H32OS2. The third kappa shape index (κ3) is 2.26. The predicted octanol–water partition coefficient (Wildman–Crippen LogP) is 5.49. The van der Waals surface area contributed by atoms with Gasteiger partial charge in [0.25, 0.3) is 0 Å². The van der Waals surface area contributed by atoms with Gasteiger partial charge in [-0.3, -0.25) is 0 Å². The fourth-order valence-corrected chi connectivity index (χ4v) is 10.7. The van der Waals surface area contributed by atoms with Gasteiger partial charge in [0.1, 0.15) is 0 Å². The van der Waals surface area contributed by atoms with Crippen molar-refractivity contribution < 1.29 is 5.11 Å². The van der Waals surface area contributed by atoms with Gasteiger partial charge in [0.2, 0.25) is 0 Å². The Hall–Kier alpha value is 0.400. The van der Waals surface area contributed by atoms with Crippen molar-refractivity contribution in [1.82, 2.24) is 0 Å². The summed E-state index contributed by atoms with van der Waals surface area (Å²) < 4.78 is 0.462. The highest BCUT2D eigenvalue weighted by atomic mass is 32.2. The number of aliphatic hydroxyl groups is 1. The minimum atomic E-state index is -0.00805. The molecule has 1 saturated heterocycles. The van der Waals surface area contributed by atoms with Crippen LogP contribution in [0.15, 0.2) is 11.6 Å². The molecule has 1 spiro atoms. The molecule has 0 unspecified atom stereocenters. The topological polar surface area (TPSA) is 20.2 Å². The molecule has 5 rings (SSSR count). The summed E-state index contributed by atoms with van der Waals surface area (Å²) >= 11 is 4.45. The molecule has 0 aromatic carbocycles. The Morgan fingerprint density at radius 2 is 1.88 bits per heavy atom. The van der Waals surface area contributed by atoms with Crippen molar-refractivity contribution in [3.05, 3.63) is 11.6 Å². The molecule has 6 atom stereocenters. The second kappa shape index (κ2) is 5.96. The van der Waals surface area contributed by atoms with E-state index in [-0.39, 0.29) is 11.5 Å². The third-order valence-corrected chi connectivity index (χ3v) is 12.0. The molecule has 1 heterocycles. The molecule has 0 radical (unpaired) electrons. The van der Waals surface area contributed by atoms with Gasteiger partial charge >= 0.3 is 0 Å². The van der Waals surface area contributed by atoms with Gasteiger partial charge in [-0.1, -0.05) is 18.6 Å². The van der Waals surface area contributed by atoms with Crippen LogP contribution in [-0.2, 0) is 0 Å². The minimum Gasteiger partial charge on any atom is -0.393 e. The van der Waals surface area contributed by atoms with Gasteiger partial charge in [-0.2, -0.15) is 0 Å². The zero-order chi connectivity index (χ0) is 16.4. The van der Waals surface area contributed by atoms with Crippen LogP contribution < -0.4 is 0 Å². The summed E-state index contributed by atoms with van der Waals surface area (Å²) in [5.74, 6) is 6.27. The van der Waals surface area contributed by atoms with E-state index in [1.165, 1.54) is 62.9 Å². The first kappa shape index (κ1) is 16.6. The quantitative estimate of drug-likeness (QED) is 0.622. The molecule has 4 fully saturated rings.